The summed E-state index contributed by atoms with van der Waals surface area (Å²) in [6.07, 6.45) is 4.33. The Kier molecular flexibility index (Phi) is 6.52. The van der Waals surface area contributed by atoms with Crippen molar-refractivity contribution in [2.24, 2.45) is 0 Å². The van der Waals surface area contributed by atoms with Gasteiger partial charge in [-0.2, -0.15) is 0 Å². The van der Waals surface area contributed by atoms with E-state index in [-0.39, 0.29) is 12.5 Å². The Morgan fingerprint density at radius 1 is 1.29 bits per heavy atom. The Hall–Kier alpha value is -0.610. The maximum absolute atomic E-state index is 12.1. The van der Waals surface area contributed by atoms with Gasteiger partial charge in [-0.3, -0.25) is 9.69 Å². The van der Waals surface area contributed by atoms with Crippen LogP contribution in [0.3, 0.4) is 0 Å². The van der Waals surface area contributed by atoms with Crippen molar-refractivity contribution in [1.29, 1.82) is 0 Å². The van der Waals surface area contributed by atoms with Crippen LogP contribution in [0.5, 0.6) is 0 Å². The number of aliphatic hydroxyl groups excluding tert-OH is 1. The molecular weight excluding hydrogens is 216 g/mol. The average Bonchev–Trinajstić information content (AvgIpc) is 2.84. The zero-order valence-corrected chi connectivity index (χ0v) is 11.2. The Morgan fingerprint density at radius 2 is 1.88 bits per heavy atom. The lowest BCUT2D eigenvalue weighted by Crippen LogP contribution is -2.44. The predicted octanol–water partition coefficient (Wildman–Crippen LogP) is 1.09. The molecule has 100 valence electrons. The van der Waals surface area contributed by atoms with E-state index in [1.54, 1.807) is 0 Å². The van der Waals surface area contributed by atoms with Crippen molar-refractivity contribution in [3.8, 4) is 0 Å². The second kappa shape index (κ2) is 7.67. The monoisotopic (exact) mass is 242 g/mol. The molecule has 4 nitrogen and oxygen atoms in total. The van der Waals surface area contributed by atoms with Crippen LogP contribution >= 0.6 is 0 Å². The molecule has 0 unspecified atom stereocenters. The van der Waals surface area contributed by atoms with Gasteiger partial charge in [0.25, 0.3) is 0 Å². The fraction of sp³-hybridized carbons (Fsp3) is 0.923. The molecule has 0 atom stereocenters. The van der Waals surface area contributed by atoms with Gasteiger partial charge in [-0.05, 0) is 25.7 Å². The molecule has 4 heteroatoms. The average molecular weight is 242 g/mol. The minimum Gasteiger partial charge on any atom is -0.395 e. The van der Waals surface area contributed by atoms with Crippen LogP contribution in [0.15, 0.2) is 0 Å². The van der Waals surface area contributed by atoms with Gasteiger partial charge in [0.1, 0.15) is 0 Å². The number of carbonyl (C=O) groups excluding carboxylic acids is 1. The van der Waals surface area contributed by atoms with E-state index in [2.05, 4.69) is 18.7 Å². The summed E-state index contributed by atoms with van der Waals surface area (Å²) in [6, 6.07) is 0.411. The van der Waals surface area contributed by atoms with Crippen LogP contribution in [0.25, 0.3) is 0 Å². The zero-order valence-electron chi connectivity index (χ0n) is 11.2. The van der Waals surface area contributed by atoms with E-state index >= 15 is 0 Å². The third-order valence-corrected chi connectivity index (χ3v) is 3.64. The molecule has 0 spiro atoms. The molecule has 0 bridgehead atoms. The van der Waals surface area contributed by atoms with Crippen molar-refractivity contribution >= 4 is 5.91 Å². The second-order valence-corrected chi connectivity index (χ2v) is 4.75. The van der Waals surface area contributed by atoms with Gasteiger partial charge in [-0.1, -0.05) is 13.8 Å². The number of nitrogens with zero attached hydrogens (tertiary/aromatic N) is 2. The number of carbonyl (C=O) groups is 1. The first-order valence-corrected chi connectivity index (χ1v) is 6.85. The summed E-state index contributed by atoms with van der Waals surface area (Å²) >= 11 is 0. The maximum atomic E-state index is 12.1. The van der Waals surface area contributed by atoms with Crippen LogP contribution in [-0.2, 0) is 4.79 Å². The molecule has 0 radical (unpaired) electrons. The molecule has 1 aliphatic heterocycles. The largest absolute Gasteiger partial charge is 0.395 e. The molecule has 0 saturated carbocycles. The molecule has 0 aliphatic carbocycles. The van der Waals surface area contributed by atoms with E-state index in [0.29, 0.717) is 19.1 Å². The molecular formula is C13H26N2O2. The molecule has 1 heterocycles. The lowest BCUT2D eigenvalue weighted by Gasteiger charge is -2.30. The first-order valence-electron chi connectivity index (χ1n) is 6.85. The smallest absolute Gasteiger partial charge is 0.236 e. The summed E-state index contributed by atoms with van der Waals surface area (Å²) in [7, 11) is 0. The predicted molar refractivity (Wildman–Crippen MR) is 68.8 cm³/mol. The number of likely N-dealkylation sites (tertiary alicyclic amines) is 1. The van der Waals surface area contributed by atoms with E-state index < -0.39 is 0 Å². The van der Waals surface area contributed by atoms with Crippen molar-refractivity contribution in [2.75, 3.05) is 32.8 Å². The summed E-state index contributed by atoms with van der Waals surface area (Å²) in [5.74, 6) is 0.225. The van der Waals surface area contributed by atoms with Crippen molar-refractivity contribution in [3.05, 3.63) is 0 Å². The van der Waals surface area contributed by atoms with Gasteiger partial charge < -0.3 is 10.0 Å². The Balaban J connectivity index is 2.49. The van der Waals surface area contributed by atoms with Crippen LogP contribution in [0, 0.1) is 0 Å². The minimum absolute atomic E-state index is 0.129. The number of hydrogen-bond acceptors (Lipinski definition) is 3. The highest BCUT2D eigenvalue weighted by atomic mass is 16.3. The third kappa shape index (κ3) is 4.28. The Bertz CT molecular complexity index is 223. The first-order chi connectivity index (χ1) is 8.22. The van der Waals surface area contributed by atoms with Gasteiger partial charge in [0, 0.05) is 25.7 Å². The molecule has 1 amide bonds. The van der Waals surface area contributed by atoms with E-state index in [0.717, 1.165) is 38.8 Å². The van der Waals surface area contributed by atoms with Crippen LogP contribution in [0.1, 0.15) is 39.5 Å². The second-order valence-electron chi connectivity index (χ2n) is 4.75. The SMILES string of the molecule is CCC(CC)N(CCO)CC(=O)N1CCCC1. The highest BCUT2D eigenvalue weighted by Gasteiger charge is 2.23. The summed E-state index contributed by atoms with van der Waals surface area (Å²) < 4.78 is 0. The van der Waals surface area contributed by atoms with Crippen molar-refractivity contribution in [2.45, 2.75) is 45.6 Å². The molecule has 0 aromatic heterocycles. The number of hydrogen-bond donors (Lipinski definition) is 1. The van der Waals surface area contributed by atoms with Gasteiger partial charge in [-0.15, -0.1) is 0 Å². The molecule has 1 fully saturated rings. The number of amides is 1. The fourth-order valence-electron chi connectivity index (χ4n) is 2.56. The van der Waals surface area contributed by atoms with Gasteiger partial charge in [0.15, 0.2) is 0 Å². The molecule has 0 aromatic rings. The van der Waals surface area contributed by atoms with Crippen LogP contribution in [-0.4, -0.2) is 59.6 Å². The molecule has 1 rings (SSSR count). The van der Waals surface area contributed by atoms with Crippen molar-refractivity contribution in [1.82, 2.24) is 9.80 Å². The Morgan fingerprint density at radius 3 is 2.35 bits per heavy atom. The standard InChI is InChI=1S/C13H26N2O2/c1-3-12(4-2)15(9-10-16)11-13(17)14-7-5-6-8-14/h12,16H,3-11H2,1-2H3. The molecule has 1 N–H and O–H groups in total. The van der Waals surface area contributed by atoms with Gasteiger partial charge in [-0.25, -0.2) is 0 Å². The van der Waals surface area contributed by atoms with E-state index in [1.165, 1.54) is 0 Å². The molecule has 1 aliphatic rings. The Labute approximate surface area is 105 Å². The van der Waals surface area contributed by atoms with E-state index in [1.807, 2.05) is 4.90 Å². The lowest BCUT2D eigenvalue weighted by molar-refractivity contribution is -0.132. The summed E-state index contributed by atoms with van der Waals surface area (Å²) in [6.45, 7) is 7.30. The summed E-state index contributed by atoms with van der Waals surface area (Å²) in [5.41, 5.74) is 0. The van der Waals surface area contributed by atoms with Crippen LogP contribution in [0.2, 0.25) is 0 Å². The molecule has 0 aromatic carbocycles. The van der Waals surface area contributed by atoms with Crippen LogP contribution in [0.4, 0.5) is 0 Å². The van der Waals surface area contributed by atoms with Gasteiger partial charge in [0.2, 0.25) is 5.91 Å². The van der Waals surface area contributed by atoms with Crippen molar-refractivity contribution in [3.63, 3.8) is 0 Å². The minimum atomic E-state index is 0.129. The van der Waals surface area contributed by atoms with Gasteiger partial charge >= 0.3 is 0 Å². The molecule has 17 heavy (non-hydrogen) atoms. The van der Waals surface area contributed by atoms with Crippen molar-refractivity contribution < 1.29 is 9.90 Å². The normalized spacial score (nSPS) is 16.2. The highest BCUT2D eigenvalue weighted by molar-refractivity contribution is 5.78. The summed E-state index contributed by atoms with van der Waals surface area (Å²) in [5, 5.41) is 9.09. The highest BCUT2D eigenvalue weighted by Crippen LogP contribution is 2.11. The quantitative estimate of drug-likeness (QED) is 0.727. The molecule has 1 saturated heterocycles. The number of rotatable bonds is 7. The maximum Gasteiger partial charge on any atom is 0.236 e. The zero-order chi connectivity index (χ0) is 12.7. The first kappa shape index (κ1) is 14.5. The topological polar surface area (TPSA) is 43.8 Å². The number of aliphatic hydroxyl groups is 1. The van der Waals surface area contributed by atoms with Crippen LogP contribution < -0.4 is 0 Å². The summed E-state index contributed by atoms with van der Waals surface area (Å²) in [4.78, 5) is 16.1. The lowest BCUT2D eigenvalue weighted by atomic mass is 10.1. The fourth-order valence-corrected chi connectivity index (χ4v) is 2.56. The van der Waals surface area contributed by atoms with E-state index in [9.17, 15) is 4.79 Å². The van der Waals surface area contributed by atoms with E-state index in [4.69, 9.17) is 5.11 Å². The third-order valence-electron chi connectivity index (χ3n) is 3.64. The van der Waals surface area contributed by atoms with Gasteiger partial charge in [0.05, 0.1) is 13.2 Å².